The van der Waals surface area contributed by atoms with Crippen molar-refractivity contribution in [3.63, 3.8) is 0 Å². The highest BCUT2D eigenvalue weighted by molar-refractivity contribution is 7.80. The highest BCUT2D eigenvalue weighted by Crippen LogP contribution is 2.23. The number of carbonyl (C=O) groups is 8. The molecule has 0 fully saturated rings. The number of likely N-dealkylation sites (N-methyl/N-ethyl adjacent to an activating group) is 5. The number of Topliss-reactive ketones (excluding diaryl/α,β-unsaturated/α-hetero) is 7. The summed E-state index contributed by atoms with van der Waals surface area (Å²) in [6.45, 7) is 47.7. The van der Waals surface area contributed by atoms with Gasteiger partial charge in [0.05, 0.1) is 43.4 Å². The molecule has 0 aromatic carbocycles. The Morgan fingerprint density at radius 2 is 0.800 bits per heavy atom. The Morgan fingerprint density at radius 1 is 0.487 bits per heavy atom. The molecular weight excluding hydrogens is 1030 g/mol. The number of aliphatic hydroxyl groups is 2. The van der Waals surface area contributed by atoms with E-state index in [9.17, 15) is 43.5 Å². The number of hydrogen-bond acceptors (Lipinski definition) is 16. The van der Waals surface area contributed by atoms with E-state index in [1.54, 1.807) is 77.9 Å². The van der Waals surface area contributed by atoms with E-state index < -0.39 is 17.6 Å². The minimum atomic E-state index is -0.623. The van der Waals surface area contributed by atoms with Crippen LogP contribution in [0.3, 0.4) is 0 Å². The van der Waals surface area contributed by atoms with Gasteiger partial charge in [-0.05, 0) is 83.7 Å². The van der Waals surface area contributed by atoms with E-state index in [1.165, 1.54) is 0 Å². The fourth-order valence-electron chi connectivity index (χ4n) is 6.10. The maximum absolute atomic E-state index is 12.0. The molecule has 0 radical (unpaired) electrons. The number of hydrogen-bond donors (Lipinski definition) is 4. The van der Waals surface area contributed by atoms with Crippen molar-refractivity contribution in [1.82, 2.24) is 29.8 Å². The van der Waals surface area contributed by atoms with Gasteiger partial charge in [0, 0.05) is 70.1 Å². The molecule has 0 heterocycles. The van der Waals surface area contributed by atoms with Crippen molar-refractivity contribution in [3.05, 3.63) is 0 Å². The van der Waals surface area contributed by atoms with Gasteiger partial charge in [-0.2, -0.15) is 12.6 Å². The molecule has 0 saturated heterocycles. The van der Waals surface area contributed by atoms with Crippen molar-refractivity contribution in [2.75, 3.05) is 96.4 Å². The fourth-order valence-corrected chi connectivity index (χ4v) is 6.59. The van der Waals surface area contributed by atoms with Crippen molar-refractivity contribution in [1.29, 1.82) is 0 Å². The van der Waals surface area contributed by atoms with Crippen molar-refractivity contribution in [3.8, 4) is 0 Å². The molecule has 17 heteroatoms. The quantitative estimate of drug-likeness (QED) is 0.100. The van der Waals surface area contributed by atoms with Crippen LogP contribution in [0.2, 0.25) is 0 Å². The van der Waals surface area contributed by atoms with Crippen molar-refractivity contribution in [2.24, 2.45) is 43.8 Å². The second kappa shape index (κ2) is 41.3. The highest BCUT2D eigenvalue weighted by atomic mass is 32.1. The molecule has 0 aromatic heterocycles. The Morgan fingerprint density at radius 3 is 0.912 bits per heavy atom. The average Bonchev–Trinajstić information content (AvgIpc) is 3.22. The molecular formula is C63H132N6O10S. The molecule has 1 amide bonds. The van der Waals surface area contributed by atoms with Gasteiger partial charge in [-0.25, -0.2) is 0 Å². The fraction of sp³-hybridized carbons (Fsp3) is 0.873. The number of ketones is 7. The first-order valence-electron chi connectivity index (χ1n) is 27.8. The maximum Gasteiger partial charge on any atom is 0.222 e. The number of amides is 1. The molecule has 0 spiro atoms. The van der Waals surface area contributed by atoms with E-state index >= 15 is 0 Å². The van der Waals surface area contributed by atoms with E-state index in [1.807, 2.05) is 197 Å². The zero-order valence-electron chi connectivity index (χ0n) is 57.8. The molecule has 0 saturated carbocycles. The van der Waals surface area contributed by atoms with Crippen LogP contribution >= 0.6 is 12.6 Å². The van der Waals surface area contributed by atoms with E-state index in [2.05, 4.69) is 17.9 Å². The van der Waals surface area contributed by atoms with Gasteiger partial charge in [0.1, 0.15) is 11.6 Å². The van der Waals surface area contributed by atoms with Crippen LogP contribution in [0.25, 0.3) is 0 Å². The van der Waals surface area contributed by atoms with Gasteiger partial charge in [0.2, 0.25) is 5.91 Å². The lowest BCUT2D eigenvalue weighted by Crippen LogP contribution is -2.48. The summed E-state index contributed by atoms with van der Waals surface area (Å²) in [6.07, 6.45) is 0.339. The molecule has 5 unspecified atom stereocenters. The summed E-state index contributed by atoms with van der Waals surface area (Å²) in [5.74, 6) is 2.24. The van der Waals surface area contributed by atoms with E-state index in [0.29, 0.717) is 30.9 Å². The molecule has 0 aromatic rings. The Hall–Kier alpha value is -2.77. The third-order valence-corrected chi connectivity index (χ3v) is 12.2. The Balaban J connectivity index is -0.000000127. The van der Waals surface area contributed by atoms with Gasteiger partial charge < -0.3 is 25.3 Å². The molecule has 3 N–H and O–H groups in total. The van der Waals surface area contributed by atoms with Crippen LogP contribution in [-0.4, -0.2) is 208 Å². The maximum atomic E-state index is 12.0. The van der Waals surface area contributed by atoms with Crippen molar-refractivity contribution < 1.29 is 48.6 Å². The monoisotopic (exact) mass is 1160 g/mol. The summed E-state index contributed by atoms with van der Waals surface area (Å²) in [5.41, 5.74) is -1.89. The topological polar surface area (TPSA) is 205 Å². The first-order valence-corrected chi connectivity index (χ1v) is 28.4. The molecule has 5 atom stereocenters. The summed E-state index contributed by atoms with van der Waals surface area (Å²) in [5, 5.41) is 21.4. The van der Waals surface area contributed by atoms with Gasteiger partial charge in [0.15, 0.2) is 28.9 Å². The van der Waals surface area contributed by atoms with Crippen LogP contribution < -0.4 is 5.32 Å². The zero-order chi connectivity index (χ0) is 65.7. The number of nitrogens with zero attached hydrogens (tertiary/aromatic N) is 5. The van der Waals surface area contributed by atoms with Gasteiger partial charge in [-0.3, -0.25) is 53.1 Å². The summed E-state index contributed by atoms with van der Waals surface area (Å²) in [4.78, 5) is 100. The van der Waals surface area contributed by atoms with Crippen molar-refractivity contribution in [2.45, 2.75) is 224 Å². The lowest BCUT2D eigenvalue weighted by atomic mass is 9.84. The number of carbonyl (C=O) groups excluding carboxylic acids is 8. The lowest BCUT2D eigenvalue weighted by molar-refractivity contribution is -0.134. The zero-order valence-corrected chi connectivity index (χ0v) is 58.7. The minimum Gasteiger partial charge on any atom is -0.394 e. The number of thiol groups is 1. The Labute approximate surface area is 499 Å². The standard InChI is InChI=1S/C12H24N2O2.C10H21NO2.C9H19NO2.C9H19NOS.C8H17NO.C8H16O.C6H12O.CH4/c1-12(2,3)11(16)9(13-4)7-8-10(15)14(5)6;1-7(12)8(11(5)6)9(13)10(2,3)4;1-9(2,3)8(12)7(6-11)10(4)5;1-9(2,3)8(11)7(6-12)10(4)5;1-8(2,3)7(10)6-9(4)5;1-6(2)7(9)8(3,4)5;1-5(7)6(2,3)4;/h9,13H,7-8H2,1-6H3;7-8,12H,1-6H3;7,11H,6H2,1-5H3;7,12H,6H2,1-5H3;6H2,1-5H3;6H,1-5H3;1-4H3;1H4. The average molecular weight is 1170 g/mol. The van der Waals surface area contributed by atoms with Crippen molar-refractivity contribution >= 4 is 59.0 Å². The molecule has 0 rings (SSSR count). The number of aliphatic hydroxyl groups excluding tert-OH is 2. The number of nitrogens with one attached hydrogen (secondary N) is 1. The van der Waals surface area contributed by atoms with E-state index in [0.717, 1.165) is 0 Å². The minimum absolute atomic E-state index is 0. The summed E-state index contributed by atoms with van der Waals surface area (Å²) in [7, 11) is 20.0. The predicted octanol–water partition coefficient (Wildman–Crippen LogP) is 9.63. The third-order valence-electron chi connectivity index (χ3n) is 11.9. The summed E-state index contributed by atoms with van der Waals surface area (Å²) >= 11 is 4.16. The molecule has 0 aliphatic heterocycles. The Bertz CT molecular complexity index is 1730. The second-order valence-electron chi connectivity index (χ2n) is 29.1. The predicted molar refractivity (Wildman–Crippen MR) is 343 cm³/mol. The SMILES string of the molecule is C.CC(=O)C(C)(C)C.CC(C)C(=O)C(C)(C)C.CC(O)C(C(=O)C(C)(C)C)N(C)C.CN(C)C(CO)C(=O)C(C)(C)C.CN(C)C(CS)C(=O)C(C)(C)C.CN(C)CC(=O)C(C)(C)C.CNC(CCC(=O)N(C)C)C(=O)C(C)(C)C. The number of rotatable bonds is 17. The molecule has 0 aliphatic carbocycles. The van der Waals surface area contributed by atoms with Gasteiger partial charge in [-0.15, -0.1) is 0 Å². The van der Waals surface area contributed by atoms with E-state index in [-0.39, 0.29) is 111 Å². The highest BCUT2D eigenvalue weighted by Gasteiger charge is 2.35. The smallest absolute Gasteiger partial charge is 0.222 e. The largest absolute Gasteiger partial charge is 0.394 e. The molecule has 80 heavy (non-hydrogen) atoms. The molecule has 0 aliphatic rings. The summed E-state index contributed by atoms with van der Waals surface area (Å²) in [6, 6.07) is -1.07. The second-order valence-corrected chi connectivity index (χ2v) is 29.4. The van der Waals surface area contributed by atoms with Gasteiger partial charge in [0.25, 0.3) is 0 Å². The molecule has 0 bridgehead atoms. The Kier molecular flexibility index (Phi) is 48.3. The van der Waals surface area contributed by atoms with Crippen LogP contribution in [0.15, 0.2) is 0 Å². The summed E-state index contributed by atoms with van der Waals surface area (Å²) < 4.78 is 0. The van der Waals surface area contributed by atoms with Crippen LogP contribution in [0.5, 0.6) is 0 Å². The van der Waals surface area contributed by atoms with Gasteiger partial charge in [-0.1, -0.05) is 167 Å². The van der Waals surface area contributed by atoms with E-state index in [4.69, 9.17) is 5.11 Å². The first kappa shape index (κ1) is 93.6. The van der Waals surface area contributed by atoms with Crippen LogP contribution in [0.1, 0.15) is 193 Å². The third kappa shape index (κ3) is 46.7. The molecule has 480 valence electrons. The van der Waals surface area contributed by atoms with Gasteiger partial charge >= 0.3 is 0 Å². The first-order chi connectivity index (χ1) is 34.6. The normalized spacial score (nSPS) is 13.8. The molecule has 16 nitrogen and oxygen atoms in total. The van der Waals surface area contributed by atoms with Crippen LogP contribution in [-0.2, 0) is 38.4 Å². The van der Waals surface area contributed by atoms with Crippen LogP contribution in [0.4, 0.5) is 0 Å². The lowest BCUT2D eigenvalue weighted by Gasteiger charge is -2.31. The van der Waals surface area contributed by atoms with Crippen LogP contribution in [0, 0.1) is 43.8 Å².